The smallest absolute Gasteiger partial charge is 0.0197 e. The quantitative estimate of drug-likeness (QED) is 0.607. The van der Waals surface area contributed by atoms with Gasteiger partial charge < -0.3 is 0 Å². The van der Waals surface area contributed by atoms with Crippen molar-refractivity contribution < 1.29 is 0 Å². The van der Waals surface area contributed by atoms with E-state index < -0.39 is 0 Å². The van der Waals surface area contributed by atoms with Crippen molar-refractivity contribution in [3.05, 3.63) is 11.1 Å². The molecule has 1 rings (SSSR count). The van der Waals surface area contributed by atoms with Gasteiger partial charge >= 0.3 is 0 Å². The fraction of sp³-hybridized carbons (Fsp3) is 0.857. The number of allylic oxidation sites excluding steroid dienone is 2. The fourth-order valence-electron chi connectivity index (χ4n) is 3.08. The highest BCUT2D eigenvalue weighted by atomic mass is 35.5. The first-order valence-electron chi connectivity index (χ1n) is 6.08. The van der Waals surface area contributed by atoms with E-state index in [1.807, 2.05) is 0 Å². The van der Waals surface area contributed by atoms with Crippen LogP contribution in [0.2, 0.25) is 0 Å². The van der Waals surface area contributed by atoms with Gasteiger partial charge in [0, 0.05) is 10.4 Å². The fourth-order valence-corrected chi connectivity index (χ4v) is 3.23. The summed E-state index contributed by atoms with van der Waals surface area (Å²) in [7, 11) is 0. The van der Waals surface area contributed by atoms with E-state index in [4.69, 9.17) is 11.6 Å². The Morgan fingerprint density at radius 3 is 1.93 bits per heavy atom. The molecule has 0 spiro atoms. The predicted octanol–water partition coefficient (Wildman–Crippen LogP) is 5.23. The minimum absolute atomic E-state index is 0.161. The van der Waals surface area contributed by atoms with Crippen LogP contribution < -0.4 is 0 Å². The van der Waals surface area contributed by atoms with Crippen LogP contribution >= 0.6 is 11.6 Å². The molecule has 0 radical (unpaired) electrons. The van der Waals surface area contributed by atoms with E-state index >= 15 is 0 Å². The molecule has 15 heavy (non-hydrogen) atoms. The molecule has 0 atom stereocenters. The number of rotatable bonds is 2. The van der Waals surface area contributed by atoms with Crippen molar-refractivity contribution in [1.82, 2.24) is 0 Å². The molecular formula is C14H25Cl. The van der Waals surface area contributed by atoms with Crippen molar-refractivity contribution in [2.24, 2.45) is 22.7 Å². The molecule has 0 aromatic heterocycles. The van der Waals surface area contributed by atoms with Gasteiger partial charge in [0.05, 0.1) is 0 Å². The Morgan fingerprint density at radius 1 is 1.13 bits per heavy atom. The van der Waals surface area contributed by atoms with Gasteiger partial charge in [0.25, 0.3) is 0 Å². The molecule has 1 aliphatic carbocycles. The second kappa shape index (κ2) is 4.13. The summed E-state index contributed by atoms with van der Waals surface area (Å²) in [6.45, 7) is 13.9. The third-order valence-corrected chi connectivity index (χ3v) is 5.04. The lowest BCUT2D eigenvalue weighted by Crippen LogP contribution is -2.40. The lowest BCUT2D eigenvalue weighted by atomic mass is 9.57. The van der Waals surface area contributed by atoms with E-state index in [9.17, 15) is 0 Å². The van der Waals surface area contributed by atoms with E-state index in [1.54, 1.807) is 0 Å². The molecule has 0 amide bonds. The summed E-state index contributed by atoms with van der Waals surface area (Å²) in [5.41, 5.74) is 0.593. The van der Waals surface area contributed by atoms with Crippen molar-refractivity contribution in [2.45, 2.75) is 54.4 Å². The summed E-state index contributed by atoms with van der Waals surface area (Å²) in [4.78, 5) is 0. The van der Waals surface area contributed by atoms with Crippen molar-refractivity contribution >= 4 is 11.6 Å². The summed E-state index contributed by atoms with van der Waals surface area (Å²) in [5, 5.41) is 1.06. The molecule has 0 nitrogen and oxygen atoms in total. The first-order valence-corrected chi connectivity index (χ1v) is 6.46. The van der Waals surface area contributed by atoms with E-state index in [2.05, 4.69) is 47.6 Å². The van der Waals surface area contributed by atoms with Crippen LogP contribution in [-0.4, -0.2) is 0 Å². The lowest BCUT2D eigenvalue weighted by molar-refractivity contribution is 0.0535. The first kappa shape index (κ1) is 13.1. The van der Waals surface area contributed by atoms with Crippen molar-refractivity contribution in [3.63, 3.8) is 0 Å². The Labute approximate surface area is 100 Å². The second-order valence-electron chi connectivity index (χ2n) is 6.36. The van der Waals surface area contributed by atoms with Crippen LogP contribution in [0.1, 0.15) is 54.4 Å². The maximum Gasteiger partial charge on any atom is 0.0197 e. The van der Waals surface area contributed by atoms with Crippen LogP contribution in [0, 0.1) is 22.7 Å². The summed E-state index contributed by atoms with van der Waals surface area (Å²) < 4.78 is 0. The highest BCUT2D eigenvalue weighted by Crippen LogP contribution is 2.54. The first-order chi connectivity index (χ1) is 6.72. The van der Waals surface area contributed by atoms with Crippen LogP contribution in [0.15, 0.2) is 11.1 Å². The summed E-state index contributed by atoms with van der Waals surface area (Å²) in [6.07, 6.45) is 4.61. The molecule has 0 heterocycles. The average molecular weight is 229 g/mol. The Morgan fingerprint density at radius 2 is 1.60 bits per heavy atom. The van der Waals surface area contributed by atoms with Crippen molar-refractivity contribution in [3.8, 4) is 0 Å². The highest BCUT2D eigenvalue weighted by Gasteiger charge is 2.44. The molecule has 1 heteroatoms. The van der Waals surface area contributed by atoms with Gasteiger partial charge in [-0.2, -0.15) is 0 Å². The van der Waals surface area contributed by atoms with Crippen LogP contribution in [0.25, 0.3) is 0 Å². The molecule has 0 fully saturated rings. The number of halogens is 1. The van der Waals surface area contributed by atoms with Gasteiger partial charge in [-0.1, -0.05) is 59.2 Å². The largest absolute Gasteiger partial charge is 0.0889 e. The van der Waals surface area contributed by atoms with Gasteiger partial charge in [0.1, 0.15) is 0 Å². The number of hydrogen-bond acceptors (Lipinski definition) is 0. The maximum atomic E-state index is 6.31. The van der Waals surface area contributed by atoms with Gasteiger partial charge in [0.15, 0.2) is 0 Å². The topological polar surface area (TPSA) is 0 Å². The van der Waals surface area contributed by atoms with E-state index in [-0.39, 0.29) is 5.41 Å². The molecule has 0 saturated carbocycles. The molecule has 0 saturated heterocycles. The molecular weight excluding hydrogens is 204 g/mol. The molecule has 88 valence electrons. The summed E-state index contributed by atoms with van der Waals surface area (Å²) >= 11 is 6.31. The Hall–Kier alpha value is 0.0300. The monoisotopic (exact) mass is 228 g/mol. The number of hydrogen-bond donors (Lipinski definition) is 0. The van der Waals surface area contributed by atoms with Crippen LogP contribution in [0.5, 0.6) is 0 Å². The molecule has 0 bridgehead atoms. The summed E-state index contributed by atoms with van der Waals surface area (Å²) in [5.74, 6) is 1.44. The molecule has 0 aromatic rings. The molecule has 0 unspecified atom stereocenters. The third kappa shape index (κ3) is 2.25. The van der Waals surface area contributed by atoms with Gasteiger partial charge in [-0.3, -0.25) is 0 Å². The molecule has 0 aromatic carbocycles. The van der Waals surface area contributed by atoms with Gasteiger partial charge in [-0.15, -0.1) is 0 Å². The van der Waals surface area contributed by atoms with Gasteiger partial charge in [-0.05, 0) is 30.1 Å². The lowest BCUT2D eigenvalue weighted by Gasteiger charge is -2.49. The van der Waals surface area contributed by atoms with Crippen LogP contribution in [0.4, 0.5) is 0 Å². The Bertz CT molecular complexity index is 251. The van der Waals surface area contributed by atoms with Gasteiger partial charge in [-0.25, -0.2) is 0 Å². The summed E-state index contributed by atoms with van der Waals surface area (Å²) in [6, 6.07) is 0. The zero-order valence-corrected chi connectivity index (χ0v) is 11.8. The zero-order chi connectivity index (χ0) is 11.9. The standard InChI is InChI=1S/C14H25Cl/c1-10(2)14(11(3)4)8-7-12(15)13(5,6)9-14/h7,10-11H,8-9H2,1-6H3. The second-order valence-corrected chi connectivity index (χ2v) is 6.77. The minimum Gasteiger partial charge on any atom is -0.0889 e. The van der Waals surface area contributed by atoms with Crippen molar-refractivity contribution in [2.75, 3.05) is 0 Å². The van der Waals surface area contributed by atoms with Crippen LogP contribution in [-0.2, 0) is 0 Å². The zero-order valence-electron chi connectivity index (χ0n) is 11.0. The Balaban J connectivity index is 3.07. The Kier molecular flexibility index (Phi) is 3.60. The van der Waals surface area contributed by atoms with E-state index in [1.165, 1.54) is 6.42 Å². The molecule has 0 N–H and O–H groups in total. The SMILES string of the molecule is CC(C)C1(C(C)C)CC=C(Cl)C(C)(C)C1. The average Bonchev–Trinajstić information content (AvgIpc) is 2.08. The van der Waals surface area contributed by atoms with Gasteiger partial charge in [0.2, 0.25) is 0 Å². The minimum atomic E-state index is 0.161. The van der Waals surface area contributed by atoms with Crippen molar-refractivity contribution in [1.29, 1.82) is 0 Å². The predicted molar refractivity (Wildman–Crippen MR) is 69.1 cm³/mol. The highest BCUT2D eigenvalue weighted by molar-refractivity contribution is 6.30. The van der Waals surface area contributed by atoms with Crippen LogP contribution in [0.3, 0.4) is 0 Å². The molecule has 0 aliphatic heterocycles. The third-order valence-electron chi connectivity index (χ3n) is 4.38. The molecule has 1 aliphatic rings. The normalized spacial score (nSPS) is 24.5. The van der Waals surface area contributed by atoms with E-state index in [0.717, 1.165) is 23.3 Å². The maximum absolute atomic E-state index is 6.31. The van der Waals surface area contributed by atoms with E-state index in [0.29, 0.717) is 5.41 Å².